The summed E-state index contributed by atoms with van der Waals surface area (Å²) in [5, 5.41) is 16.5. The van der Waals surface area contributed by atoms with Crippen LogP contribution in [0.3, 0.4) is 0 Å². The lowest BCUT2D eigenvalue weighted by atomic mass is 9.82. The molecule has 0 amide bonds. The van der Waals surface area contributed by atoms with Gasteiger partial charge in [-0.15, -0.1) is 5.10 Å². The van der Waals surface area contributed by atoms with Crippen molar-refractivity contribution in [3.63, 3.8) is 0 Å². The molecule has 0 bridgehead atoms. The summed E-state index contributed by atoms with van der Waals surface area (Å²) in [6, 6.07) is 0.521. The molecule has 66 valence electrons. The molecule has 4 heteroatoms. The third-order valence-electron chi connectivity index (χ3n) is 2.44. The Morgan fingerprint density at radius 1 is 1.67 bits per heavy atom. The van der Waals surface area contributed by atoms with Crippen molar-refractivity contribution in [1.29, 1.82) is 0 Å². The van der Waals surface area contributed by atoms with Crippen LogP contribution >= 0.6 is 0 Å². The van der Waals surface area contributed by atoms with E-state index in [0.29, 0.717) is 11.7 Å². The normalized spacial score (nSPS) is 28.5. The second-order valence-electron chi connectivity index (χ2n) is 3.58. The maximum Gasteiger partial charge on any atom is 0.108 e. The van der Waals surface area contributed by atoms with Crippen LogP contribution in [0.15, 0.2) is 6.20 Å². The first-order valence-corrected chi connectivity index (χ1v) is 4.31. The maximum absolute atomic E-state index is 8.76. The Kier molecular flexibility index (Phi) is 1.84. The van der Waals surface area contributed by atoms with Crippen molar-refractivity contribution in [2.24, 2.45) is 5.92 Å². The number of hydrogen-bond acceptors (Lipinski definition) is 3. The van der Waals surface area contributed by atoms with E-state index in [0.717, 1.165) is 5.92 Å². The highest BCUT2D eigenvalue weighted by Gasteiger charge is 2.27. The van der Waals surface area contributed by atoms with Crippen molar-refractivity contribution < 1.29 is 5.11 Å². The van der Waals surface area contributed by atoms with E-state index in [9.17, 15) is 0 Å². The molecule has 0 saturated heterocycles. The van der Waals surface area contributed by atoms with Gasteiger partial charge in [-0.05, 0) is 18.8 Å². The minimum atomic E-state index is -0.0116. The first-order valence-electron chi connectivity index (χ1n) is 4.31. The lowest BCUT2D eigenvalue weighted by molar-refractivity contribution is 0.197. The van der Waals surface area contributed by atoms with Gasteiger partial charge in [0.1, 0.15) is 5.69 Å². The molecule has 0 spiro atoms. The van der Waals surface area contributed by atoms with Crippen LogP contribution in [-0.2, 0) is 6.61 Å². The molecule has 1 heterocycles. The second kappa shape index (κ2) is 2.86. The molecular weight excluding hydrogens is 154 g/mol. The summed E-state index contributed by atoms with van der Waals surface area (Å²) in [6.45, 7) is 2.22. The quantitative estimate of drug-likeness (QED) is 0.706. The minimum Gasteiger partial charge on any atom is -0.390 e. The zero-order valence-electron chi connectivity index (χ0n) is 7.14. The molecule has 1 aliphatic carbocycles. The molecular formula is C8H13N3O. The van der Waals surface area contributed by atoms with Crippen molar-refractivity contribution in [2.45, 2.75) is 32.4 Å². The predicted octanol–water partition coefficient (Wildman–Crippen LogP) is 0.741. The average molecular weight is 167 g/mol. The summed E-state index contributed by atoms with van der Waals surface area (Å²) in [6.07, 6.45) is 4.21. The highest BCUT2D eigenvalue weighted by atomic mass is 16.3. The molecule has 0 unspecified atom stereocenters. The summed E-state index contributed by atoms with van der Waals surface area (Å²) in [7, 11) is 0. The number of aromatic nitrogens is 3. The number of hydrogen-bond donors (Lipinski definition) is 1. The second-order valence-corrected chi connectivity index (χ2v) is 3.58. The molecule has 1 saturated carbocycles. The van der Waals surface area contributed by atoms with Gasteiger partial charge in [0, 0.05) is 0 Å². The van der Waals surface area contributed by atoms with Crippen LogP contribution in [0.1, 0.15) is 31.5 Å². The minimum absolute atomic E-state index is 0.0116. The van der Waals surface area contributed by atoms with Crippen LogP contribution in [0.5, 0.6) is 0 Å². The Morgan fingerprint density at radius 3 is 2.92 bits per heavy atom. The van der Waals surface area contributed by atoms with Gasteiger partial charge in [0.05, 0.1) is 18.8 Å². The zero-order chi connectivity index (χ0) is 8.55. The van der Waals surface area contributed by atoms with Gasteiger partial charge in [-0.1, -0.05) is 12.1 Å². The van der Waals surface area contributed by atoms with Gasteiger partial charge >= 0.3 is 0 Å². The molecule has 1 aliphatic rings. The number of nitrogens with zero attached hydrogens (tertiary/aromatic N) is 3. The Morgan fingerprint density at radius 2 is 2.42 bits per heavy atom. The van der Waals surface area contributed by atoms with Crippen LogP contribution in [0.25, 0.3) is 0 Å². The monoisotopic (exact) mass is 167 g/mol. The topological polar surface area (TPSA) is 50.9 Å². The van der Waals surface area contributed by atoms with Gasteiger partial charge in [-0.3, -0.25) is 0 Å². The number of aliphatic hydroxyl groups excluding tert-OH is 1. The van der Waals surface area contributed by atoms with Crippen molar-refractivity contribution in [2.75, 3.05) is 0 Å². The molecule has 2 rings (SSSR count). The molecule has 0 radical (unpaired) electrons. The summed E-state index contributed by atoms with van der Waals surface area (Å²) in [5.74, 6) is 0.816. The summed E-state index contributed by atoms with van der Waals surface area (Å²) in [5.41, 5.74) is 0.662. The molecule has 1 aromatic rings. The smallest absolute Gasteiger partial charge is 0.108 e. The molecule has 1 N–H and O–H groups in total. The average Bonchev–Trinajstić information content (AvgIpc) is 2.46. The van der Waals surface area contributed by atoms with E-state index in [1.807, 2.05) is 10.9 Å². The fourth-order valence-electron chi connectivity index (χ4n) is 1.64. The van der Waals surface area contributed by atoms with Gasteiger partial charge in [-0.2, -0.15) is 0 Å². The molecule has 1 fully saturated rings. The van der Waals surface area contributed by atoms with Gasteiger partial charge in [-0.25, -0.2) is 4.68 Å². The Labute approximate surface area is 71.2 Å². The molecule has 4 nitrogen and oxygen atoms in total. The van der Waals surface area contributed by atoms with E-state index in [1.54, 1.807) is 0 Å². The van der Waals surface area contributed by atoms with Gasteiger partial charge in [0.15, 0.2) is 0 Å². The summed E-state index contributed by atoms with van der Waals surface area (Å²) >= 11 is 0. The van der Waals surface area contributed by atoms with Crippen molar-refractivity contribution >= 4 is 0 Å². The SMILES string of the molecule is C[C@H]1C[C@H](n2cc(CO)nn2)C1. The summed E-state index contributed by atoms with van der Waals surface area (Å²) < 4.78 is 1.87. The fraction of sp³-hybridized carbons (Fsp3) is 0.750. The number of aliphatic hydroxyl groups is 1. The van der Waals surface area contributed by atoms with Crippen molar-refractivity contribution in [3.8, 4) is 0 Å². The van der Waals surface area contributed by atoms with Crippen LogP contribution in [0, 0.1) is 5.92 Å². The zero-order valence-corrected chi connectivity index (χ0v) is 7.14. The van der Waals surface area contributed by atoms with E-state index in [4.69, 9.17) is 5.11 Å². The first-order chi connectivity index (χ1) is 5.79. The first kappa shape index (κ1) is 7.73. The van der Waals surface area contributed by atoms with E-state index < -0.39 is 0 Å². The van der Waals surface area contributed by atoms with Gasteiger partial charge < -0.3 is 5.11 Å². The molecule has 0 atom stereocenters. The molecule has 0 aliphatic heterocycles. The van der Waals surface area contributed by atoms with Crippen molar-refractivity contribution in [3.05, 3.63) is 11.9 Å². The van der Waals surface area contributed by atoms with Crippen LogP contribution < -0.4 is 0 Å². The Bertz CT molecular complexity index is 265. The highest BCUT2D eigenvalue weighted by Crippen LogP contribution is 2.36. The van der Waals surface area contributed by atoms with Crippen molar-refractivity contribution in [1.82, 2.24) is 15.0 Å². The van der Waals surface area contributed by atoms with E-state index >= 15 is 0 Å². The third-order valence-corrected chi connectivity index (χ3v) is 2.44. The van der Waals surface area contributed by atoms with E-state index in [1.165, 1.54) is 12.8 Å². The standard InChI is InChI=1S/C8H13N3O/c1-6-2-8(3-6)11-4-7(5-12)9-10-11/h4,6,8,12H,2-3,5H2,1H3/t6-,8-. The Balaban J connectivity index is 2.04. The number of rotatable bonds is 2. The molecule has 0 aromatic carbocycles. The molecule has 12 heavy (non-hydrogen) atoms. The van der Waals surface area contributed by atoms with Crippen LogP contribution in [-0.4, -0.2) is 20.1 Å². The third kappa shape index (κ3) is 1.22. The predicted molar refractivity (Wildman–Crippen MR) is 43.4 cm³/mol. The lowest BCUT2D eigenvalue weighted by Crippen LogP contribution is -2.25. The van der Waals surface area contributed by atoms with Gasteiger partial charge in [0.25, 0.3) is 0 Å². The van der Waals surface area contributed by atoms with Crippen LogP contribution in [0.2, 0.25) is 0 Å². The van der Waals surface area contributed by atoms with Gasteiger partial charge in [0.2, 0.25) is 0 Å². The van der Waals surface area contributed by atoms with E-state index in [2.05, 4.69) is 17.2 Å². The lowest BCUT2D eigenvalue weighted by Gasteiger charge is -2.32. The van der Waals surface area contributed by atoms with Crippen LogP contribution in [0.4, 0.5) is 0 Å². The van der Waals surface area contributed by atoms with E-state index in [-0.39, 0.29) is 6.61 Å². The Hall–Kier alpha value is -0.900. The summed E-state index contributed by atoms with van der Waals surface area (Å²) in [4.78, 5) is 0. The maximum atomic E-state index is 8.76. The fourth-order valence-corrected chi connectivity index (χ4v) is 1.64. The highest BCUT2D eigenvalue weighted by molar-refractivity contribution is 4.93. The largest absolute Gasteiger partial charge is 0.390 e. The molecule has 1 aromatic heterocycles.